The van der Waals surface area contributed by atoms with Crippen LogP contribution in [0.5, 0.6) is 0 Å². The zero-order valence-corrected chi connectivity index (χ0v) is 12.1. The van der Waals surface area contributed by atoms with Gasteiger partial charge in [-0.15, -0.1) is 11.6 Å². The normalized spacial score (nSPS) is 41.1. The summed E-state index contributed by atoms with van der Waals surface area (Å²) in [6.07, 6.45) is 9.02. The smallest absolute Gasteiger partial charge is 0.223 e. The van der Waals surface area contributed by atoms with Gasteiger partial charge in [-0.2, -0.15) is 0 Å². The summed E-state index contributed by atoms with van der Waals surface area (Å²) < 4.78 is 0. The minimum absolute atomic E-state index is 0.223. The lowest BCUT2D eigenvalue weighted by Crippen LogP contribution is -2.51. The van der Waals surface area contributed by atoms with Crippen molar-refractivity contribution < 1.29 is 4.79 Å². The van der Waals surface area contributed by atoms with E-state index in [1.807, 2.05) is 11.9 Å². The molecule has 0 radical (unpaired) electrons. The molecule has 0 aromatic carbocycles. The minimum atomic E-state index is 0.223. The molecular weight excluding hydrogens is 246 g/mol. The van der Waals surface area contributed by atoms with Crippen molar-refractivity contribution in [3.05, 3.63) is 0 Å². The first-order valence-electron chi connectivity index (χ1n) is 7.40. The third-order valence-electron chi connectivity index (χ3n) is 5.47. The fraction of sp³-hybridized carbons (Fsp3) is 0.933. The van der Waals surface area contributed by atoms with Crippen molar-refractivity contribution >= 4 is 17.5 Å². The molecule has 4 aliphatic rings. The molecule has 0 unspecified atom stereocenters. The quantitative estimate of drug-likeness (QED) is 0.717. The molecule has 4 fully saturated rings. The largest absolute Gasteiger partial charge is 0.345 e. The van der Waals surface area contributed by atoms with Crippen LogP contribution in [-0.2, 0) is 4.79 Å². The van der Waals surface area contributed by atoms with Crippen LogP contribution in [0.1, 0.15) is 44.9 Å². The molecular formula is C15H24ClNO. The highest BCUT2D eigenvalue weighted by atomic mass is 35.5. The van der Waals surface area contributed by atoms with E-state index >= 15 is 0 Å². The number of hydrogen-bond acceptors (Lipinski definition) is 1. The van der Waals surface area contributed by atoms with Crippen molar-refractivity contribution in [2.45, 2.75) is 44.9 Å². The third-order valence-corrected chi connectivity index (χ3v) is 5.66. The maximum atomic E-state index is 11.9. The van der Waals surface area contributed by atoms with Gasteiger partial charge in [-0.25, -0.2) is 0 Å². The van der Waals surface area contributed by atoms with E-state index in [1.54, 1.807) is 0 Å². The molecule has 0 aromatic rings. The zero-order valence-electron chi connectivity index (χ0n) is 11.3. The van der Waals surface area contributed by atoms with Gasteiger partial charge >= 0.3 is 0 Å². The minimum Gasteiger partial charge on any atom is -0.345 e. The van der Waals surface area contributed by atoms with Crippen LogP contribution < -0.4 is 0 Å². The highest BCUT2D eigenvalue weighted by Gasteiger charge is 2.51. The Balaban J connectivity index is 1.66. The average Bonchev–Trinajstić information content (AvgIpc) is 2.26. The van der Waals surface area contributed by atoms with Gasteiger partial charge in [0.2, 0.25) is 5.91 Å². The zero-order chi connectivity index (χ0) is 12.8. The molecule has 0 spiro atoms. The molecule has 4 rings (SSSR count). The van der Waals surface area contributed by atoms with E-state index in [1.165, 1.54) is 38.5 Å². The Kier molecular flexibility index (Phi) is 3.34. The Labute approximate surface area is 115 Å². The Hall–Kier alpha value is -0.240. The maximum Gasteiger partial charge on any atom is 0.223 e. The van der Waals surface area contributed by atoms with E-state index in [0.29, 0.717) is 17.7 Å². The van der Waals surface area contributed by atoms with Crippen LogP contribution >= 0.6 is 11.6 Å². The van der Waals surface area contributed by atoms with Crippen LogP contribution in [0.4, 0.5) is 0 Å². The maximum absolute atomic E-state index is 11.9. The lowest BCUT2D eigenvalue weighted by Gasteiger charge is -2.57. The van der Waals surface area contributed by atoms with E-state index in [9.17, 15) is 4.79 Å². The van der Waals surface area contributed by atoms with Crippen molar-refractivity contribution in [2.75, 3.05) is 19.5 Å². The summed E-state index contributed by atoms with van der Waals surface area (Å²) in [5.74, 6) is 3.57. The van der Waals surface area contributed by atoms with E-state index in [4.69, 9.17) is 11.6 Å². The Morgan fingerprint density at radius 3 is 2.11 bits per heavy atom. The number of carbonyl (C=O) groups excluding carboxylic acids is 1. The second-order valence-electron chi connectivity index (χ2n) is 7.11. The predicted octanol–water partition coefficient (Wildman–Crippen LogP) is 3.29. The molecule has 4 saturated carbocycles. The molecule has 1 amide bonds. The van der Waals surface area contributed by atoms with Crippen molar-refractivity contribution in [1.29, 1.82) is 0 Å². The van der Waals surface area contributed by atoms with E-state index in [0.717, 1.165) is 24.3 Å². The molecule has 0 atom stereocenters. The number of alkyl halides is 1. The summed E-state index contributed by atoms with van der Waals surface area (Å²) in [6.45, 7) is 0.978. The number of halogens is 1. The summed E-state index contributed by atoms with van der Waals surface area (Å²) in [7, 11) is 1.97. The third kappa shape index (κ3) is 2.29. The van der Waals surface area contributed by atoms with Gasteiger partial charge in [-0.1, -0.05) is 0 Å². The first kappa shape index (κ1) is 12.8. The van der Waals surface area contributed by atoms with Crippen LogP contribution in [0.2, 0.25) is 0 Å². The summed E-state index contributed by atoms with van der Waals surface area (Å²) >= 11 is 5.67. The highest BCUT2D eigenvalue weighted by Crippen LogP contribution is 2.60. The molecule has 18 heavy (non-hydrogen) atoms. The first-order valence-corrected chi connectivity index (χ1v) is 7.93. The number of amides is 1. The number of hydrogen-bond donors (Lipinski definition) is 0. The van der Waals surface area contributed by atoms with Crippen LogP contribution in [0.25, 0.3) is 0 Å². The number of nitrogens with zero attached hydrogens (tertiary/aromatic N) is 1. The first-order chi connectivity index (χ1) is 8.60. The Morgan fingerprint density at radius 2 is 1.67 bits per heavy atom. The van der Waals surface area contributed by atoms with Gasteiger partial charge in [0.15, 0.2) is 0 Å². The van der Waals surface area contributed by atoms with Gasteiger partial charge < -0.3 is 4.90 Å². The van der Waals surface area contributed by atoms with Gasteiger partial charge in [-0.3, -0.25) is 4.79 Å². The fourth-order valence-electron chi connectivity index (χ4n) is 5.35. The molecule has 4 aliphatic carbocycles. The predicted molar refractivity (Wildman–Crippen MR) is 73.6 cm³/mol. The van der Waals surface area contributed by atoms with Crippen molar-refractivity contribution in [2.24, 2.45) is 23.2 Å². The van der Waals surface area contributed by atoms with Crippen LogP contribution in [0, 0.1) is 23.2 Å². The second-order valence-corrected chi connectivity index (χ2v) is 7.48. The lowest BCUT2D eigenvalue weighted by molar-refractivity contribution is -0.134. The standard InChI is InChI=1S/C15H24ClNO/c1-17(14(18)2-3-16)10-15-7-11-4-12(8-15)6-13(5-11)9-15/h11-13H,2-10H2,1H3. The highest BCUT2D eigenvalue weighted by molar-refractivity contribution is 6.18. The Bertz CT molecular complexity index is 306. The monoisotopic (exact) mass is 269 g/mol. The summed E-state index contributed by atoms with van der Waals surface area (Å²) in [6, 6.07) is 0. The second kappa shape index (κ2) is 4.70. The molecule has 4 bridgehead atoms. The SMILES string of the molecule is CN(CC12CC3CC(CC(C3)C1)C2)C(=O)CCCl. The van der Waals surface area contributed by atoms with Gasteiger partial charge in [0, 0.05) is 25.9 Å². The molecule has 3 heteroatoms. The molecule has 0 heterocycles. The summed E-state index contributed by atoms with van der Waals surface area (Å²) in [5, 5.41) is 0. The lowest BCUT2D eigenvalue weighted by atomic mass is 9.49. The van der Waals surface area contributed by atoms with Gasteiger partial charge in [0.25, 0.3) is 0 Å². The fourth-order valence-corrected chi connectivity index (χ4v) is 5.51. The topological polar surface area (TPSA) is 20.3 Å². The van der Waals surface area contributed by atoms with Gasteiger partial charge in [-0.05, 0) is 61.7 Å². The van der Waals surface area contributed by atoms with E-state index in [-0.39, 0.29) is 5.91 Å². The van der Waals surface area contributed by atoms with Crippen LogP contribution in [0.15, 0.2) is 0 Å². The van der Waals surface area contributed by atoms with Crippen molar-refractivity contribution in [1.82, 2.24) is 4.90 Å². The Morgan fingerprint density at radius 1 is 1.17 bits per heavy atom. The van der Waals surface area contributed by atoms with E-state index < -0.39 is 0 Å². The van der Waals surface area contributed by atoms with Crippen LogP contribution in [-0.4, -0.2) is 30.3 Å². The molecule has 0 saturated heterocycles. The van der Waals surface area contributed by atoms with Crippen LogP contribution in [0.3, 0.4) is 0 Å². The summed E-state index contributed by atoms with van der Waals surface area (Å²) in [4.78, 5) is 13.9. The average molecular weight is 270 g/mol. The number of rotatable bonds is 4. The van der Waals surface area contributed by atoms with Gasteiger partial charge in [0.1, 0.15) is 0 Å². The van der Waals surface area contributed by atoms with Gasteiger partial charge in [0.05, 0.1) is 0 Å². The molecule has 0 aromatic heterocycles. The molecule has 0 aliphatic heterocycles. The molecule has 2 nitrogen and oxygen atoms in total. The summed E-state index contributed by atoms with van der Waals surface area (Å²) in [5.41, 5.74) is 0.464. The molecule has 102 valence electrons. The van der Waals surface area contributed by atoms with Crippen molar-refractivity contribution in [3.8, 4) is 0 Å². The van der Waals surface area contributed by atoms with Crippen molar-refractivity contribution in [3.63, 3.8) is 0 Å². The molecule has 0 N–H and O–H groups in total. The van der Waals surface area contributed by atoms with E-state index in [2.05, 4.69) is 0 Å². The number of carbonyl (C=O) groups is 1.